The molecule has 1 unspecified atom stereocenters. The second-order valence-corrected chi connectivity index (χ2v) is 9.77. The van der Waals surface area contributed by atoms with Crippen molar-refractivity contribution in [2.24, 2.45) is 4.99 Å². The van der Waals surface area contributed by atoms with Crippen LogP contribution in [0.1, 0.15) is 5.56 Å². The smallest absolute Gasteiger partial charge is 0.359 e. The van der Waals surface area contributed by atoms with Gasteiger partial charge in [-0.2, -0.15) is 13.2 Å². The molecule has 3 rings (SSSR count). The normalized spacial score (nSPS) is 17.3. The molecule has 0 aliphatic carbocycles. The van der Waals surface area contributed by atoms with Gasteiger partial charge < -0.3 is 5.32 Å². The molecule has 0 bridgehead atoms. The number of carbonyl (C=O) groups excluding carboxylic acids is 2. The molecule has 0 spiro atoms. The Hall–Kier alpha value is -2.01. The number of rotatable bonds is 4. The fourth-order valence-corrected chi connectivity index (χ4v) is 3.48. The van der Waals surface area contributed by atoms with Gasteiger partial charge in [-0.1, -0.05) is 53.0 Å². The van der Waals surface area contributed by atoms with Crippen molar-refractivity contribution < 1.29 is 22.8 Å². The number of hydrogen-bond donors (Lipinski definition) is 1. The lowest BCUT2D eigenvalue weighted by atomic mass is 10.2. The summed E-state index contributed by atoms with van der Waals surface area (Å²) in [7, 11) is 1.17. The van der Waals surface area contributed by atoms with Gasteiger partial charge in [0.25, 0.3) is 5.91 Å². The van der Waals surface area contributed by atoms with Gasteiger partial charge in [0, 0.05) is 11.5 Å². The van der Waals surface area contributed by atoms with E-state index >= 15 is 0 Å². The highest BCUT2D eigenvalue weighted by molar-refractivity contribution is 9.10. The molecular formula is C19H13BrCl3F3N4O2. The molecule has 1 fully saturated rings. The Morgan fingerprint density at radius 1 is 1.06 bits per heavy atom. The van der Waals surface area contributed by atoms with E-state index in [1.54, 1.807) is 24.3 Å². The summed E-state index contributed by atoms with van der Waals surface area (Å²) in [4.78, 5) is 31.0. The predicted octanol–water partition coefficient (Wildman–Crippen LogP) is 6.07. The molecule has 0 saturated carbocycles. The average Bonchev–Trinajstić information content (AvgIpc) is 2.91. The number of nitrogens with zero attached hydrogens (tertiary/aromatic N) is 3. The number of alkyl halides is 6. The Morgan fingerprint density at radius 3 is 2.31 bits per heavy atom. The van der Waals surface area contributed by atoms with Crippen LogP contribution in [0.5, 0.6) is 0 Å². The molecule has 0 aromatic heterocycles. The van der Waals surface area contributed by atoms with Crippen molar-refractivity contribution in [2.75, 3.05) is 17.3 Å². The summed E-state index contributed by atoms with van der Waals surface area (Å²) in [6, 6.07) is 9.80. The summed E-state index contributed by atoms with van der Waals surface area (Å²) >= 11 is 21.5. The van der Waals surface area contributed by atoms with Crippen LogP contribution >= 0.6 is 50.7 Å². The van der Waals surface area contributed by atoms with Gasteiger partial charge in [-0.15, -0.1) is 0 Å². The molecule has 3 amide bonds. The van der Waals surface area contributed by atoms with Crippen molar-refractivity contribution in [3.8, 4) is 0 Å². The first-order valence-corrected chi connectivity index (χ1v) is 10.7. The van der Waals surface area contributed by atoms with E-state index in [4.69, 9.17) is 34.8 Å². The number of benzene rings is 2. The maximum absolute atomic E-state index is 13.2. The summed E-state index contributed by atoms with van der Waals surface area (Å²) in [6.45, 7) is 0. The number of anilines is 2. The monoisotopic (exact) mass is 570 g/mol. The van der Waals surface area contributed by atoms with Gasteiger partial charge in [-0.05, 0) is 46.3 Å². The summed E-state index contributed by atoms with van der Waals surface area (Å²) < 4.78 is 38.0. The van der Waals surface area contributed by atoms with Crippen LogP contribution in [0.4, 0.5) is 29.3 Å². The van der Waals surface area contributed by atoms with Gasteiger partial charge in [-0.3, -0.25) is 9.69 Å². The lowest BCUT2D eigenvalue weighted by molar-refractivity contribution is -0.137. The number of likely N-dealkylation sites (N-methyl/N-ethyl adjacent to an activating group) is 1. The highest BCUT2D eigenvalue weighted by Crippen LogP contribution is 2.36. The summed E-state index contributed by atoms with van der Waals surface area (Å²) in [5.74, 6) is -1.38. The number of amidine groups is 1. The molecule has 1 atom stereocenters. The standard InChI is InChI=1S/C19H13BrCl3F3N4O2/c1-29-15(31)14(28-16(18(21,22)23)27-13-8-3-2-7-12(13)20)30(17(29)32)11-6-4-5-10(9-11)19(24,25)26/h2-9,16,27H,1H3. The van der Waals surface area contributed by atoms with Crippen LogP contribution < -0.4 is 10.2 Å². The molecule has 13 heteroatoms. The molecule has 1 saturated heterocycles. The Morgan fingerprint density at radius 2 is 1.72 bits per heavy atom. The van der Waals surface area contributed by atoms with E-state index in [-0.39, 0.29) is 5.69 Å². The number of hydrogen-bond acceptors (Lipinski definition) is 4. The zero-order valence-corrected chi connectivity index (χ0v) is 19.9. The molecule has 1 aliphatic heterocycles. The molecule has 2 aromatic carbocycles. The van der Waals surface area contributed by atoms with E-state index in [0.717, 1.165) is 23.1 Å². The molecule has 0 radical (unpaired) electrons. The number of para-hydroxylation sites is 1. The van der Waals surface area contributed by atoms with Crippen LogP contribution in [-0.4, -0.2) is 39.7 Å². The summed E-state index contributed by atoms with van der Waals surface area (Å²) in [5, 5.41) is 2.85. The molecule has 6 nitrogen and oxygen atoms in total. The minimum Gasteiger partial charge on any atom is -0.359 e. The fraction of sp³-hybridized carbons (Fsp3) is 0.211. The molecule has 1 aliphatic rings. The van der Waals surface area contributed by atoms with Crippen molar-refractivity contribution in [3.05, 3.63) is 58.6 Å². The van der Waals surface area contributed by atoms with Gasteiger partial charge in [0.15, 0.2) is 6.17 Å². The minimum atomic E-state index is -4.66. The predicted molar refractivity (Wildman–Crippen MR) is 121 cm³/mol. The lowest BCUT2D eigenvalue weighted by Gasteiger charge is -2.25. The Labute approximate surface area is 204 Å². The van der Waals surface area contributed by atoms with E-state index in [1.807, 2.05) is 0 Å². The molecule has 1 N–H and O–H groups in total. The van der Waals surface area contributed by atoms with Crippen LogP contribution in [0, 0.1) is 0 Å². The third-order valence-corrected chi connectivity index (χ3v) is 5.66. The highest BCUT2D eigenvalue weighted by Gasteiger charge is 2.44. The summed E-state index contributed by atoms with van der Waals surface area (Å²) in [6.07, 6.45) is -6.04. The third kappa shape index (κ3) is 5.14. The van der Waals surface area contributed by atoms with Gasteiger partial charge in [0.05, 0.1) is 16.9 Å². The van der Waals surface area contributed by atoms with E-state index < -0.39 is 39.5 Å². The van der Waals surface area contributed by atoms with E-state index in [0.29, 0.717) is 15.1 Å². The Balaban J connectivity index is 2.09. The van der Waals surface area contributed by atoms with Crippen molar-refractivity contribution >= 4 is 79.9 Å². The number of nitrogens with one attached hydrogen (secondary N) is 1. The number of imide groups is 1. The van der Waals surface area contributed by atoms with Crippen LogP contribution in [-0.2, 0) is 11.0 Å². The van der Waals surface area contributed by atoms with Gasteiger partial charge in [-0.25, -0.2) is 14.7 Å². The van der Waals surface area contributed by atoms with Crippen LogP contribution in [0.25, 0.3) is 0 Å². The van der Waals surface area contributed by atoms with Gasteiger partial charge >= 0.3 is 12.2 Å². The van der Waals surface area contributed by atoms with Crippen LogP contribution in [0.2, 0.25) is 0 Å². The second kappa shape index (κ2) is 9.09. The number of carbonyl (C=O) groups is 2. The zero-order valence-electron chi connectivity index (χ0n) is 16.0. The van der Waals surface area contributed by atoms with Crippen LogP contribution in [0.3, 0.4) is 0 Å². The van der Waals surface area contributed by atoms with Crippen molar-refractivity contribution in [1.29, 1.82) is 0 Å². The minimum absolute atomic E-state index is 0.217. The highest BCUT2D eigenvalue weighted by atomic mass is 79.9. The first-order valence-electron chi connectivity index (χ1n) is 8.75. The molecule has 170 valence electrons. The number of halogens is 7. The zero-order chi connectivity index (χ0) is 23.8. The first-order chi connectivity index (χ1) is 14.8. The third-order valence-electron chi connectivity index (χ3n) is 4.35. The summed E-state index contributed by atoms with van der Waals surface area (Å²) in [5.41, 5.74) is -0.762. The first kappa shape index (κ1) is 24.6. The second-order valence-electron chi connectivity index (χ2n) is 6.55. The van der Waals surface area contributed by atoms with Gasteiger partial charge in [0.2, 0.25) is 9.63 Å². The fourth-order valence-electron chi connectivity index (χ4n) is 2.78. The Kier molecular flexibility index (Phi) is 6.99. The van der Waals surface area contributed by atoms with E-state index in [1.165, 1.54) is 13.1 Å². The molecule has 32 heavy (non-hydrogen) atoms. The molecule has 1 heterocycles. The van der Waals surface area contributed by atoms with Crippen molar-refractivity contribution in [3.63, 3.8) is 0 Å². The topological polar surface area (TPSA) is 65.0 Å². The number of amides is 3. The van der Waals surface area contributed by atoms with Crippen LogP contribution in [0.15, 0.2) is 58.0 Å². The van der Waals surface area contributed by atoms with Crippen molar-refractivity contribution in [2.45, 2.75) is 16.1 Å². The quantitative estimate of drug-likeness (QED) is 0.357. The van der Waals surface area contributed by atoms with Crippen molar-refractivity contribution in [1.82, 2.24) is 4.90 Å². The lowest BCUT2D eigenvalue weighted by Crippen LogP contribution is -2.38. The SMILES string of the molecule is CN1C(=O)C(=NC(Nc2ccccc2Br)C(Cl)(Cl)Cl)N(c2cccc(C(F)(F)F)c2)C1=O. The Bertz CT molecular complexity index is 1090. The molecular weight excluding hydrogens is 559 g/mol. The number of aliphatic imine (C=N–C) groups is 1. The van der Waals surface area contributed by atoms with E-state index in [2.05, 4.69) is 26.2 Å². The molecule has 2 aromatic rings. The maximum atomic E-state index is 13.2. The van der Waals surface area contributed by atoms with Gasteiger partial charge in [0.1, 0.15) is 0 Å². The number of urea groups is 1. The maximum Gasteiger partial charge on any atom is 0.416 e. The van der Waals surface area contributed by atoms with E-state index in [9.17, 15) is 22.8 Å². The largest absolute Gasteiger partial charge is 0.416 e. The average molecular weight is 573 g/mol.